The molecule has 1 aliphatic rings. The molecule has 2 atom stereocenters. The molecule has 1 aliphatic heterocycles. The maximum Gasteiger partial charge on any atom is 0.421 e. The third kappa shape index (κ3) is 5.26. The molecule has 12 heteroatoms. The van der Waals surface area contributed by atoms with E-state index < -0.39 is 82.4 Å². The van der Waals surface area contributed by atoms with E-state index in [0.717, 1.165) is 55.7 Å². The minimum absolute atomic E-state index is 0.0473. The number of ether oxygens (including phenoxy) is 2. The van der Waals surface area contributed by atoms with E-state index in [0.29, 0.717) is 0 Å². The average Bonchev–Trinajstić information content (AvgIpc) is 2.84. The van der Waals surface area contributed by atoms with E-state index in [1.54, 1.807) is 0 Å². The second-order valence-corrected chi connectivity index (χ2v) is 8.65. The summed E-state index contributed by atoms with van der Waals surface area (Å²) in [5.74, 6) is -4.93. The summed E-state index contributed by atoms with van der Waals surface area (Å²) in [5.41, 5.74) is -5.45. The van der Waals surface area contributed by atoms with Crippen LogP contribution in [0.3, 0.4) is 0 Å². The van der Waals surface area contributed by atoms with Crippen LogP contribution < -0.4 is 0 Å². The van der Waals surface area contributed by atoms with Gasteiger partial charge in [0.15, 0.2) is 11.4 Å². The lowest BCUT2D eigenvalue weighted by Crippen LogP contribution is -2.51. The second-order valence-electron chi connectivity index (χ2n) is 8.65. The number of halogens is 6. The lowest BCUT2D eigenvalue weighted by molar-refractivity contribution is -0.307. The zero-order valence-corrected chi connectivity index (χ0v) is 19.8. The molecule has 2 aromatic heterocycles. The fourth-order valence-electron chi connectivity index (χ4n) is 4.44. The smallest absolute Gasteiger partial charge is 0.421 e. The summed E-state index contributed by atoms with van der Waals surface area (Å²) in [4.78, 5) is 32.1. The molecular weight excluding hydrogens is 518 g/mol. The fourth-order valence-corrected chi connectivity index (χ4v) is 4.44. The molecule has 6 nitrogen and oxygen atoms in total. The minimum atomic E-state index is -4.96. The molecule has 0 amide bonds. The Balaban J connectivity index is 1.72. The molecule has 1 fully saturated rings. The number of alkyl halides is 3. The van der Waals surface area contributed by atoms with Crippen molar-refractivity contribution in [1.82, 2.24) is 9.97 Å². The third-order valence-electron chi connectivity index (χ3n) is 6.11. The van der Waals surface area contributed by atoms with Crippen LogP contribution in [0.5, 0.6) is 0 Å². The quantitative estimate of drug-likeness (QED) is 0.235. The molecule has 0 N–H and O–H groups in total. The first-order valence-electron chi connectivity index (χ1n) is 11.4. The van der Waals surface area contributed by atoms with Crippen LogP contribution >= 0.6 is 0 Å². The molecule has 4 rings (SSSR count). The Kier molecular flexibility index (Phi) is 7.54. The van der Waals surface area contributed by atoms with Gasteiger partial charge in [0, 0.05) is 38.6 Å². The van der Waals surface area contributed by atoms with Crippen molar-refractivity contribution in [2.75, 3.05) is 6.61 Å². The van der Waals surface area contributed by atoms with Gasteiger partial charge in [-0.1, -0.05) is 6.07 Å². The molecule has 0 spiro atoms. The molecule has 3 heterocycles. The number of rotatable bonds is 6. The molecule has 0 aliphatic carbocycles. The number of carbonyl (C=O) groups is 2. The SMILES string of the molecule is CC(=O)O[C@H]1CCO[C@](c2ccncc2CC(=O)c2ccc(F)c(-c3c(F)cccc3F)n2)(C(F)(F)F)C1. The molecular formula is C26H20F6N2O4. The first-order chi connectivity index (χ1) is 17.9. The lowest BCUT2D eigenvalue weighted by Gasteiger charge is -2.42. The number of esters is 1. The van der Waals surface area contributed by atoms with Gasteiger partial charge in [-0.05, 0) is 41.5 Å². The van der Waals surface area contributed by atoms with Crippen molar-refractivity contribution in [3.05, 3.63) is 83.1 Å². The van der Waals surface area contributed by atoms with Crippen molar-refractivity contribution in [3.8, 4) is 11.3 Å². The van der Waals surface area contributed by atoms with E-state index >= 15 is 0 Å². The Morgan fingerprint density at radius 3 is 2.45 bits per heavy atom. The predicted octanol–water partition coefficient (Wildman–Crippen LogP) is 5.49. The van der Waals surface area contributed by atoms with Crippen molar-refractivity contribution in [2.45, 2.75) is 44.1 Å². The van der Waals surface area contributed by atoms with Crippen LogP contribution in [-0.2, 0) is 26.3 Å². The normalized spacial score (nSPS) is 19.7. The van der Waals surface area contributed by atoms with Crippen LogP contribution in [0.1, 0.15) is 41.4 Å². The topological polar surface area (TPSA) is 78.4 Å². The van der Waals surface area contributed by atoms with E-state index in [1.807, 2.05) is 0 Å². The van der Waals surface area contributed by atoms with Crippen LogP contribution in [0.2, 0.25) is 0 Å². The van der Waals surface area contributed by atoms with Gasteiger partial charge in [-0.25, -0.2) is 18.2 Å². The van der Waals surface area contributed by atoms with Gasteiger partial charge in [0.05, 0.1) is 12.2 Å². The lowest BCUT2D eigenvalue weighted by atomic mass is 9.81. The van der Waals surface area contributed by atoms with Gasteiger partial charge < -0.3 is 9.47 Å². The van der Waals surface area contributed by atoms with E-state index in [4.69, 9.17) is 9.47 Å². The third-order valence-corrected chi connectivity index (χ3v) is 6.11. The number of carbonyl (C=O) groups excluding carboxylic acids is 2. The Morgan fingerprint density at radius 2 is 1.79 bits per heavy atom. The number of Topliss-reactive ketones (excluding diaryl/α,β-unsaturated/α-hetero) is 1. The van der Waals surface area contributed by atoms with Gasteiger partial charge in [-0.3, -0.25) is 14.6 Å². The second kappa shape index (κ2) is 10.5. The van der Waals surface area contributed by atoms with Gasteiger partial charge in [-0.15, -0.1) is 0 Å². The molecule has 1 saturated heterocycles. The number of benzene rings is 1. The fraction of sp³-hybridized carbons (Fsp3) is 0.308. The van der Waals surface area contributed by atoms with Crippen molar-refractivity contribution < 1.29 is 45.4 Å². The Hall–Kier alpha value is -3.80. The number of nitrogens with zero attached hydrogens (tertiary/aromatic N) is 2. The highest BCUT2D eigenvalue weighted by molar-refractivity contribution is 5.96. The van der Waals surface area contributed by atoms with Gasteiger partial charge in [-0.2, -0.15) is 13.2 Å². The zero-order chi connectivity index (χ0) is 27.7. The van der Waals surface area contributed by atoms with E-state index in [-0.39, 0.29) is 18.6 Å². The number of hydrogen-bond donors (Lipinski definition) is 0. The zero-order valence-electron chi connectivity index (χ0n) is 19.8. The monoisotopic (exact) mass is 538 g/mol. The molecule has 38 heavy (non-hydrogen) atoms. The predicted molar refractivity (Wildman–Crippen MR) is 120 cm³/mol. The number of hydrogen-bond acceptors (Lipinski definition) is 6. The number of pyridine rings is 2. The van der Waals surface area contributed by atoms with Crippen LogP contribution in [0, 0.1) is 17.5 Å². The largest absolute Gasteiger partial charge is 0.462 e. The van der Waals surface area contributed by atoms with Gasteiger partial charge in [0.25, 0.3) is 0 Å². The molecule has 3 aromatic rings. The van der Waals surface area contributed by atoms with Gasteiger partial charge >= 0.3 is 12.1 Å². The Labute approximate surface area is 212 Å². The molecule has 0 saturated carbocycles. The molecule has 1 aromatic carbocycles. The van der Waals surface area contributed by atoms with Crippen LogP contribution in [-0.4, -0.2) is 40.6 Å². The van der Waals surface area contributed by atoms with E-state index in [2.05, 4.69) is 9.97 Å². The summed E-state index contributed by atoms with van der Waals surface area (Å²) < 4.78 is 96.7. The van der Waals surface area contributed by atoms with Gasteiger partial charge in [0.1, 0.15) is 34.9 Å². The average molecular weight is 538 g/mol. The molecule has 0 bridgehead atoms. The van der Waals surface area contributed by atoms with Crippen LogP contribution in [0.15, 0.2) is 48.8 Å². The number of ketones is 1. The van der Waals surface area contributed by atoms with E-state index in [9.17, 15) is 35.9 Å². The van der Waals surface area contributed by atoms with Crippen molar-refractivity contribution in [3.63, 3.8) is 0 Å². The Morgan fingerprint density at radius 1 is 1.08 bits per heavy atom. The van der Waals surface area contributed by atoms with Gasteiger partial charge in [0.2, 0.25) is 0 Å². The minimum Gasteiger partial charge on any atom is -0.462 e. The summed E-state index contributed by atoms with van der Waals surface area (Å²) in [6.07, 6.45) is -5.25. The summed E-state index contributed by atoms with van der Waals surface area (Å²) in [6.45, 7) is 0.711. The maximum atomic E-state index is 14.5. The van der Waals surface area contributed by atoms with Crippen LogP contribution in [0.4, 0.5) is 26.3 Å². The summed E-state index contributed by atoms with van der Waals surface area (Å²) in [7, 11) is 0. The molecule has 200 valence electrons. The maximum absolute atomic E-state index is 14.5. The summed E-state index contributed by atoms with van der Waals surface area (Å²) in [6, 6.07) is 5.66. The van der Waals surface area contributed by atoms with Crippen molar-refractivity contribution in [2.24, 2.45) is 0 Å². The highest BCUT2D eigenvalue weighted by Crippen LogP contribution is 2.49. The highest BCUT2D eigenvalue weighted by Gasteiger charge is 2.60. The van der Waals surface area contributed by atoms with Crippen molar-refractivity contribution in [1.29, 1.82) is 0 Å². The Bertz CT molecular complexity index is 1360. The summed E-state index contributed by atoms with van der Waals surface area (Å²) >= 11 is 0. The number of aromatic nitrogens is 2. The summed E-state index contributed by atoms with van der Waals surface area (Å²) in [5, 5.41) is 0. The van der Waals surface area contributed by atoms with Crippen LogP contribution in [0.25, 0.3) is 11.3 Å². The molecule has 0 unspecified atom stereocenters. The highest BCUT2D eigenvalue weighted by atomic mass is 19.4. The molecule has 0 radical (unpaired) electrons. The first-order valence-corrected chi connectivity index (χ1v) is 11.4. The first kappa shape index (κ1) is 27.2. The van der Waals surface area contributed by atoms with E-state index in [1.165, 1.54) is 0 Å². The standard InChI is InChI=1S/C26H20F6N2O4/c1-14(35)38-16-8-10-37-25(12-16,26(30,31)32)17-7-9-33-13-15(17)11-22(36)21-6-5-20(29)24(34-21)23-18(27)3-2-4-19(23)28/h2-7,9,13,16H,8,10-12H2,1H3/t16-,25+/m0/s1. The van der Waals surface area contributed by atoms with Crippen molar-refractivity contribution >= 4 is 11.8 Å².